The van der Waals surface area contributed by atoms with E-state index in [1.807, 2.05) is 6.07 Å². The molecule has 3 rings (SSSR count). The molecule has 0 unspecified atom stereocenters. The third-order valence-electron chi connectivity index (χ3n) is 4.11. The summed E-state index contributed by atoms with van der Waals surface area (Å²) in [6.07, 6.45) is 0.427. The summed E-state index contributed by atoms with van der Waals surface area (Å²) in [5.74, 6) is -0.219. The molecule has 0 saturated carbocycles. The third kappa shape index (κ3) is 4.73. The van der Waals surface area contributed by atoms with Crippen LogP contribution in [0.2, 0.25) is 5.02 Å². The van der Waals surface area contributed by atoms with Crippen molar-refractivity contribution in [2.45, 2.75) is 30.3 Å². The van der Waals surface area contributed by atoms with E-state index in [1.54, 1.807) is 49.4 Å². The molecule has 2 aromatic carbocycles. The van der Waals surface area contributed by atoms with Crippen molar-refractivity contribution in [3.05, 3.63) is 63.9 Å². The van der Waals surface area contributed by atoms with Crippen LogP contribution >= 0.6 is 23.4 Å². The van der Waals surface area contributed by atoms with Gasteiger partial charge in [-0.3, -0.25) is 14.2 Å². The molecule has 0 aliphatic carbocycles. The number of thioether (sulfide) groups is 1. The average molecular weight is 418 g/mol. The Labute approximate surface area is 171 Å². The Morgan fingerprint density at radius 2 is 2.07 bits per heavy atom. The SMILES string of the molecule is C[C@@H](Sc1nc2ccccc2c(=O)n1CCCO)C(=O)Nc1cccc(Cl)c1. The van der Waals surface area contributed by atoms with E-state index >= 15 is 0 Å². The molecule has 6 nitrogen and oxygen atoms in total. The maximum atomic E-state index is 12.8. The predicted molar refractivity (Wildman–Crippen MR) is 113 cm³/mol. The number of carbonyl (C=O) groups excluding carboxylic acids is 1. The first-order valence-corrected chi connectivity index (χ1v) is 10.1. The van der Waals surface area contributed by atoms with Gasteiger partial charge in [-0.05, 0) is 43.7 Å². The molecule has 1 heterocycles. The van der Waals surface area contributed by atoms with Crippen molar-refractivity contribution < 1.29 is 9.90 Å². The summed E-state index contributed by atoms with van der Waals surface area (Å²) in [6.45, 7) is 2.05. The predicted octanol–water partition coefficient (Wildman–Crippen LogP) is 3.55. The van der Waals surface area contributed by atoms with Gasteiger partial charge < -0.3 is 10.4 Å². The average Bonchev–Trinajstić information content (AvgIpc) is 2.68. The van der Waals surface area contributed by atoms with Gasteiger partial charge in [0.2, 0.25) is 5.91 Å². The lowest BCUT2D eigenvalue weighted by molar-refractivity contribution is -0.115. The Kier molecular flexibility index (Phi) is 6.72. The molecule has 8 heteroatoms. The summed E-state index contributed by atoms with van der Waals surface area (Å²) >= 11 is 7.16. The molecule has 3 aromatic rings. The Bertz CT molecular complexity index is 1050. The van der Waals surface area contributed by atoms with Crippen LogP contribution in [0.4, 0.5) is 5.69 Å². The first-order chi connectivity index (χ1) is 13.5. The highest BCUT2D eigenvalue weighted by Gasteiger charge is 2.19. The number of nitrogens with zero attached hydrogens (tertiary/aromatic N) is 2. The van der Waals surface area contributed by atoms with Gasteiger partial charge in [0.05, 0.1) is 16.2 Å². The van der Waals surface area contributed by atoms with Gasteiger partial charge in [-0.2, -0.15) is 0 Å². The number of carbonyl (C=O) groups is 1. The highest BCUT2D eigenvalue weighted by Crippen LogP contribution is 2.24. The minimum atomic E-state index is -0.493. The van der Waals surface area contributed by atoms with Crippen LogP contribution in [0.5, 0.6) is 0 Å². The number of amides is 1. The Morgan fingerprint density at radius 1 is 1.29 bits per heavy atom. The normalized spacial score (nSPS) is 12.1. The highest BCUT2D eigenvalue weighted by atomic mass is 35.5. The fourth-order valence-corrected chi connectivity index (χ4v) is 3.81. The van der Waals surface area contributed by atoms with E-state index in [0.29, 0.717) is 39.7 Å². The van der Waals surface area contributed by atoms with Crippen molar-refractivity contribution >= 4 is 45.9 Å². The Balaban J connectivity index is 1.87. The van der Waals surface area contributed by atoms with E-state index in [1.165, 1.54) is 16.3 Å². The number of hydrogen-bond donors (Lipinski definition) is 2. The number of aliphatic hydroxyl groups excluding tert-OH is 1. The summed E-state index contributed by atoms with van der Waals surface area (Å²) in [5, 5.41) is 13.0. The number of rotatable bonds is 7. The van der Waals surface area contributed by atoms with Crippen LogP contribution in [-0.2, 0) is 11.3 Å². The van der Waals surface area contributed by atoms with Gasteiger partial charge in [0.15, 0.2) is 5.16 Å². The quantitative estimate of drug-likeness (QED) is 0.453. The van der Waals surface area contributed by atoms with Gasteiger partial charge in [-0.15, -0.1) is 0 Å². The number of aliphatic hydroxyl groups is 1. The van der Waals surface area contributed by atoms with Gasteiger partial charge in [0.25, 0.3) is 5.56 Å². The molecule has 146 valence electrons. The first kappa shape index (κ1) is 20.4. The molecule has 1 aromatic heterocycles. The van der Waals surface area contributed by atoms with Gasteiger partial charge in [-0.25, -0.2) is 4.98 Å². The lowest BCUT2D eigenvalue weighted by atomic mass is 10.2. The van der Waals surface area contributed by atoms with E-state index in [9.17, 15) is 9.59 Å². The van der Waals surface area contributed by atoms with E-state index < -0.39 is 5.25 Å². The van der Waals surface area contributed by atoms with Gasteiger partial charge in [0, 0.05) is 23.9 Å². The molecule has 28 heavy (non-hydrogen) atoms. The fourth-order valence-electron chi connectivity index (χ4n) is 2.69. The van der Waals surface area contributed by atoms with Gasteiger partial charge in [0.1, 0.15) is 0 Å². The second-order valence-electron chi connectivity index (χ2n) is 6.21. The minimum absolute atomic E-state index is 0.0336. The van der Waals surface area contributed by atoms with Crippen molar-refractivity contribution in [1.29, 1.82) is 0 Å². The first-order valence-electron chi connectivity index (χ1n) is 8.83. The summed E-state index contributed by atoms with van der Waals surface area (Å²) < 4.78 is 1.52. The van der Waals surface area contributed by atoms with Crippen LogP contribution in [0.25, 0.3) is 10.9 Å². The summed E-state index contributed by atoms with van der Waals surface area (Å²) in [6, 6.07) is 14.0. The number of para-hydroxylation sites is 1. The van der Waals surface area contributed by atoms with Crippen LogP contribution in [0, 0.1) is 0 Å². The minimum Gasteiger partial charge on any atom is -0.396 e. The van der Waals surface area contributed by atoms with Crippen LogP contribution in [0.15, 0.2) is 58.5 Å². The van der Waals surface area contributed by atoms with Crippen molar-refractivity contribution in [3.63, 3.8) is 0 Å². The van der Waals surface area contributed by atoms with E-state index in [2.05, 4.69) is 10.3 Å². The highest BCUT2D eigenvalue weighted by molar-refractivity contribution is 8.00. The zero-order valence-corrected chi connectivity index (χ0v) is 16.8. The second kappa shape index (κ2) is 9.23. The molecule has 0 spiro atoms. The lowest BCUT2D eigenvalue weighted by Gasteiger charge is -2.16. The van der Waals surface area contributed by atoms with Crippen molar-refractivity contribution in [2.75, 3.05) is 11.9 Å². The monoisotopic (exact) mass is 417 g/mol. The topological polar surface area (TPSA) is 84.2 Å². The summed E-state index contributed by atoms with van der Waals surface area (Å²) in [5.41, 5.74) is 1.01. The zero-order chi connectivity index (χ0) is 20.1. The molecule has 0 saturated heterocycles. The fraction of sp³-hybridized carbons (Fsp3) is 0.250. The number of halogens is 1. The third-order valence-corrected chi connectivity index (χ3v) is 5.44. The summed E-state index contributed by atoms with van der Waals surface area (Å²) in [4.78, 5) is 30.0. The second-order valence-corrected chi connectivity index (χ2v) is 7.95. The van der Waals surface area contributed by atoms with Crippen molar-refractivity contribution in [3.8, 4) is 0 Å². The molecule has 1 atom stereocenters. The van der Waals surface area contributed by atoms with E-state index in [0.717, 1.165) is 0 Å². The molecule has 0 aliphatic heterocycles. The molecule has 0 aliphatic rings. The van der Waals surface area contributed by atoms with E-state index in [4.69, 9.17) is 16.7 Å². The molecule has 0 fully saturated rings. The molecule has 0 radical (unpaired) electrons. The van der Waals surface area contributed by atoms with Crippen LogP contribution < -0.4 is 10.9 Å². The smallest absolute Gasteiger partial charge is 0.262 e. The maximum absolute atomic E-state index is 12.8. The Morgan fingerprint density at radius 3 is 2.82 bits per heavy atom. The molecular weight excluding hydrogens is 398 g/mol. The Hall–Kier alpha value is -2.35. The van der Waals surface area contributed by atoms with Crippen LogP contribution in [0.1, 0.15) is 13.3 Å². The number of anilines is 1. The zero-order valence-electron chi connectivity index (χ0n) is 15.3. The number of fused-ring (bicyclic) bond motifs is 1. The number of hydrogen-bond acceptors (Lipinski definition) is 5. The number of aromatic nitrogens is 2. The van der Waals surface area contributed by atoms with Crippen LogP contribution in [-0.4, -0.2) is 32.4 Å². The van der Waals surface area contributed by atoms with Gasteiger partial charge >= 0.3 is 0 Å². The molecule has 0 bridgehead atoms. The maximum Gasteiger partial charge on any atom is 0.262 e. The lowest BCUT2D eigenvalue weighted by Crippen LogP contribution is -2.27. The largest absolute Gasteiger partial charge is 0.396 e. The van der Waals surface area contributed by atoms with Gasteiger partial charge in [-0.1, -0.05) is 41.6 Å². The molecular formula is C20H20ClN3O3S. The molecule has 1 amide bonds. The number of nitrogens with one attached hydrogen (secondary N) is 1. The molecule has 2 N–H and O–H groups in total. The number of benzene rings is 2. The van der Waals surface area contributed by atoms with Crippen LogP contribution in [0.3, 0.4) is 0 Å². The van der Waals surface area contributed by atoms with Crippen molar-refractivity contribution in [1.82, 2.24) is 9.55 Å². The standard InChI is InChI=1S/C20H20ClN3O3S/c1-13(18(26)22-15-7-4-6-14(21)12-15)28-20-23-17-9-3-2-8-16(17)19(27)24(20)10-5-11-25/h2-4,6-9,12-13,25H,5,10-11H2,1H3,(H,22,26)/t13-/m1/s1. The van der Waals surface area contributed by atoms with Crippen molar-refractivity contribution in [2.24, 2.45) is 0 Å². The van der Waals surface area contributed by atoms with E-state index in [-0.39, 0.29) is 18.1 Å². The summed E-state index contributed by atoms with van der Waals surface area (Å²) in [7, 11) is 0.